The van der Waals surface area contributed by atoms with E-state index in [1.165, 1.54) is 35.0 Å². The summed E-state index contributed by atoms with van der Waals surface area (Å²) in [5.74, 6) is 0. The number of aromatic nitrogens is 1. The first kappa shape index (κ1) is 13.6. The molecule has 2 heteroatoms. The number of pyridine rings is 1. The van der Waals surface area contributed by atoms with Crippen LogP contribution in [-0.2, 0) is 12.0 Å². The Morgan fingerprint density at radius 1 is 1.25 bits per heavy atom. The summed E-state index contributed by atoms with van der Waals surface area (Å²) in [6.07, 6.45) is 2.66. The first-order valence-electron chi connectivity index (χ1n) is 7.58. The van der Waals surface area contributed by atoms with Gasteiger partial charge in [0, 0.05) is 29.1 Å². The fourth-order valence-electron chi connectivity index (χ4n) is 2.53. The second kappa shape index (κ2) is 4.85. The van der Waals surface area contributed by atoms with E-state index >= 15 is 0 Å². The minimum absolute atomic E-state index is 0.0881. The zero-order valence-corrected chi connectivity index (χ0v) is 13.0. The molecule has 20 heavy (non-hydrogen) atoms. The topological polar surface area (TPSA) is 24.9 Å². The van der Waals surface area contributed by atoms with E-state index in [0.717, 1.165) is 18.1 Å². The molecule has 3 rings (SSSR count). The third kappa shape index (κ3) is 2.71. The van der Waals surface area contributed by atoms with Crippen LogP contribution in [0, 0.1) is 6.92 Å². The Labute approximate surface area is 121 Å². The Morgan fingerprint density at radius 3 is 2.65 bits per heavy atom. The number of nitrogens with zero attached hydrogens (tertiary/aromatic N) is 1. The van der Waals surface area contributed by atoms with E-state index < -0.39 is 0 Å². The second-order valence-electron chi connectivity index (χ2n) is 7.04. The van der Waals surface area contributed by atoms with Crippen molar-refractivity contribution in [3.8, 4) is 0 Å². The number of fused-ring (bicyclic) bond motifs is 1. The number of hydrogen-bond donors (Lipinski definition) is 1. The van der Waals surface area contributed by atoms with Crippen LogP contribution in [0.3, 0.4) is 0 Å². The molecule has 2 aromatic rings. The molecule has 1 N–H and O–H groups in total. The fraction of sp³-hybridized carbons (Fsp3) is 0.500. The van der Waals surface area contributed by atoms with Crippen LogP contribution in [-0.4, -0.2) is 11.0 Å². The van der Waals surface area contributed by atoms with Gasteiger partial charge in [-0.2, -0.15) is 0 Å². The number of para-hydroxylation sites is 1. The Balaban J connectivity index is 2.10. The van der Waals surface area contributed by atoms with Gasteiger partial charge in [0.25, 0.3) is 0 Å². The summed E-state index contributed by atoms with van der Waals surface area (Å²) in [6, 6.07) is 9.51. The highest BCUT2D eigenvalue weighted by Gasteiger charge is 2.22. The number of benzene rings is 1. The van der Waals surface area contributed by atoms with Crippen molar-refractivity contribution in [2.75, 3.05) is 0 Å². The average molecular weight is 268 g/mol. The van der Waals surface area contributed by atoms with Crippen molar-refractivity contribution in [2.24, 2.45) is 0 Å². The monoisotopic (exact) mass is 268 g/mol. The van der Waals surface area contributed by atoms with Crippen molar-refractivity contribution in [3.63, 3.8) is 0 Å². The normalized spacial score (nSPS) is 15.8. The molecule has 0 radical (unpaired) electrons. The molecule has 0 saturated heterocycles. The summed E-state index contributed by atoms with van der Waals surface area (Å²) in [4.78, 5) is 4.92. The highest BCUT2D eigenvalue weighted by molar-refractivity contribution is 5.85. The minimum Gasteiger partial charge on any atom is -0.310 e. The lowest BCUT2D eigenvalue weighted by molar-refractivity contribution is 0.569. The molecule has 1 aliphatic carbocycles. The molecule has 0 unspecified atom stereocenters. The van der Waals surface area contributed by atoms with E-state index in [1.54, 1.807) is 0 Å². The molecule has 0 spiro atoms. The first-order chi connectivity index (χ1) is 9.45. The molecule has 106 valence electrons. The van der Waals surface area contributed by atoms with Crippen LogP contribution < -0.4 is 5.32 Å². The van der Waals surface area contributed by atoms with E-state index in [2.05, 4.69) is 57.3 Å². The lowest BCUT2D eigenvalue weighted by atomic mass is 9.89. The third-order valence-corrected chi connectivity index (χ3v) is 4.05. The van der Waals surface area contributed by atoms with Crippen molar-refractivity contribution in [1.29, 1.82) is 0 Å². The number of aryl methyl sites for hydroxylation is 1. The van der Waals surface area contributed by atoms with Crippen molar-refractivity contribution < 1.29 is 0 Å². The van der Waals surface area contributed by atoms with Crippen molar-refractivity contribution in [1.82, 2.24) is 10.3 Å². The lowest BCUT2D eigenvalue weighted by Crippen LogP contribution is -2.18. The van der Waals surface area contributed by atoms with Crippen LogP contribution in [0.5, 0.6) is 0 Å². The standard InChI is InChI=1S/C18H24N2/c1-12-6-5-7-15-13(11-19-14-8-9-14)10-16(18(2,3)4)20-17(12)15/h5-7,10,14,19H,8-9,11H2,1-4H3. The van der Waals surface area contributed by atoms with Crippen molar-refractivity contribution in [3.05, 3.63) is 41.1 Å². The molecule has 1 saturated carbocycles. The summed E-state index contributed by atoms with van der Waals surface area (Å²) in [5, 5.41) is 4.93. The largest absolute Gasteiger partial charge is 0.310 e. The van der Waals surface area contributed by atoms with Crippen molar-refractivity contribution >= 4 is 10.9 Å². The van der Waals surface area contributed by atoms with Gasteiger partial charge < -0.3 is 5.32 Å². The van der Waals surface area contributed by atoms with Crippen molar-refractivity contribution in [2.45, 2.75) is 58.5 Å². The summed E-state index contributed by atoms with van der Waals surface area (Å²) in [6.45, 7) is 9.81. The molecule has 0 bridgehead atoms. The lowest BCUT2D eigenvalue weighted by Gasteiger charge is -2.21. The van der Waals surface area contributed by atoms with E-state index in [9.17, 15) is 0 Å². The Kier molecular flexibility index (Phi) is 3.29. The van der Waals surface area contributed by atoms with Gasteiger partial charge in [-0.1, -0.05) is 39.0 Å². The van der Waals surface area contributed by atoms with Gasteiger partial charge >= 0.3 is 0 Å². The van der Waals surface area contributed by atoms with Gasteiger partial charge in [0.2, 0.25) is 0 Å². The number of nitrogens with one attached hydrogen (secondary N) is 1. The van der Waals surface area contributed by atoms with Crippen LogP contribution in [0.25, 0.3) is 10.9 Å². The summed E-state index contributed by atoms with van der Waals surface area (Å²) in [7, 11) is 0. The van der Waals surface area contributed by atoms with E-state index in [-0.39, 0.29) is 5.41 Å². The van der Waals surface area contributed by atoms with Gasteiger partial charge in [0.1, 0.15) is 0 Å². The van der Waals surface area contributed by atoms with Gasteiger partial charge in [0.05, 0.1) is 5.52 Å². The van der Waals surface area contributed by atoms with Crippen LogP contribution in [0.1, 0.15) is 50.4 Å². The fourth-order valence-corrected chi connectivity index (χ4v) is 2.53. The number of hydrogen-bond acceptors (Lipinski definition) is 2. The number of rotatable bonds is 3. The second-order valence-corrected chi connectivity index (χ2v) is 7.04. The van der Waals surface area contributed by atoms with Gasteiger partial charge in [-0.25, -0.2) is 0 Å². The van der Waals surface area contributed by atoms with Gasteiger partial charge in [-0.3, -0.25) is 4.98 Å². The van der Waals surface area contributed by atoms with Crippen LogP contribution in [0.2, 0.25) is 0 Å². The average Bonchev–Trinajstić information content (AvgIpc) is 3.19. The molecule has 1 fully saturated rings. The minimum atomic E-state index is 0.0881. The Bertz CT molecular complexity index is 634. The SMILES string of the molecule is Cc1cccc2c(CNC3CC3)cc(C(C)(C)C)nc12. The van der Waals surface area contributed by atoms with Crippen LogP contribution in [0.15, 0.2) is 24.3 Å². The molecule has 2 nitrogen and oxygen atoms in total. The van der Waals surface area contributed by atoms with E-state index in [0.29, 0.717) is 0 Å². The maximum absolute atomic E-state index is 4.92. The molecule has 1 aromatic carbocycles. The summed E-state index contributed by atoms with van der Waals surface area (Å²) < 4.78 is 0. The van der Waals surface area contributed by atoms with Gasteiger partial charge in [0.15, 0.2) is 0 Å². The molecule has 1 aromatic heterocycles. The predicted molar refractivity (Wildman–Crippen MR) is 85.0 cm³/mol. The highest BCUT2D eigenvalue weighted by atomic mass is 14.9. The third-order valence-electron chi connectivity index (χ3n) is 4.05. The highest BCUT2D eigenvalue weighted by Crippen LogP contribution is 2.28. The van der Waals surface area contributed by atoms with Gasteiger partial charge in [-0.15, -0.1) is 0 Å². The summed E-state index contributed by atoms with van der Waals surface area (Å²) in [5.41, 5.74) is 5.08. The van der Waals surface area contributed by atoms with Gasteiger partial charge in [-0.05, 0) is 37.0 Å². The summed E-state index contributed by atoms with van der Waals surface area (Å²) >= 11 is 0. The molecule has 0 atom stereocenters. The first-order valence-corrected chi connectivity index (χ1v) is 7.58. The Hall–Kier alpha value is -1.41. The predicted octanol–water partition coefficient (Wildman–Crippen LogP) is 4.09. The van der Waals surface area contributed by atoms with Crippen LogP contribution >= 0.6 is 0 Å². The molecule has 1 aliphatic rings. The Morgan fingerprint density at radius 2 is 2.00 bits per heavy atom. The quantitative estimate of drug-likeness (QED) is 0.906. The maximum Gasteiger partial charge on any atom is 0.0737 e. The molecule has 0 amide bonds. The smallest absolute Gasteiger partial charge is 0.0737 e. The zero-order valence-electron chi connectivity index (χ0n) is 13.0. The molecular formula is C18H24N2. The molecular weight excluding hydrogens is 244 g/mol. The zero-order chi connectivity index (χ0) is 14.3. The maximum atomic E-state index is 4.92. The van der Waals surface area contributed by atoms with Crippen LogP contribution in [0.4, 0.5) is 0 Å². The molecule has 0 aliphatic heterocycles. The molecule has 1 heterocycles. The van der Waals surface area contributed by atoms with E-state index in [1.807, 2.05) is 0 Å². The van der Waals surface area contributed by atoms with E-state index in [4.69, 9.17) is 4.98 Å².